The number of ether oxygens (including phenoxy) is 1. The molecule has 2 aromatic heterocycles. The topological polar surface area (TPSA) is 55.7 Å². The van der Waals surface area contributed by atoms with Gasteiger partial charge in [-0.15, -0.1) is 11.3 Å². The molecule has 0 atom stereocenters. The van der Waals surface area contributed by atoms with Crippen LogP contribution in [0.25, 0.3) is 10.7 Å². The van der Waals surface area contributed by atoms with E-state index in [1.807, 2.05) is 4.57 Å². The van der Waals surface area contributed by atoms with Crippen molar-refractivity contribution in [3.63, 3.8) is 0 Å². The molecule has 18 heavy (non-hydrogen) atoms. The molecule has 0 spiro atoms. The van der Waals surface area contributed by atoms with E-state index in [2.05, 4.69) is 29.0 Å². The Bertz CT molecular complexity index is 570. The fourth-order valence-corrected chi connectivity index (χ4v) is 2.72. The molecule has 2 rings (SSSR count). The third-order valence-corrected chi connectivity index (χ3v) is 3.61. The molecule has 0 fully saturated rings. The van der Waals surface area contributed by atoms with Crippen molar-refractivity contribution in [3.8, 4) is 10.7 Å². The van der Waals surface area contributed by atoms with Gasteiger partial charge in [-0.1, -0.05) is 13.8 Å². The Morgan fingerprint density at radius 1 is 1.56 bits per heavy atom. The summed E-state index contributed by atoms with van der Waals surface area (Å²) in [4.78, 5) is 5.32. The van der Waals surface area contributed by atoms with E-state index in [1.165, 1.54) is 0 Å². The van der Waals surface area contributed by atoms with Crippen molar-refractivity contribution < 1.29 is 4.74 Å². The summed E-state index contributed by atoms with van der Waals surface area (Å²) in [6, 6.07) is 0. The summed E-state index contributed by atoms with van der Waals surface area (Å²) in [6.07, 6.45) is 0. The van der Waals surface area contributed by atoms with Crippen molar-refractivity contribution in [2.24, 2.45) is 5.92 Å². The van der Waals surface area contributed by atoms with Crippen LogP contribution in [0.4, 0.5) is 0 Å². The molecular weight excluding hydrogens is 268 g/mol. The third-order valence-electron chi connectivity index (χ3n) is 2.43. The van der Waals surface area contributed by atoms with Gasteiger partial charge in [-0.3, -0.25) is 9.67 Å². The van der Waals surface area contributed by atoms with Crippen molar-refractivity contribution in [1.29, 1.82) is 0 Å². The normalized spacial score (nSPS) is 11.3. The lowest BCUT2D eigenvalue weighted by Crippen LogP contribution is -2.06. The van der Waals surface area contributed by atoms with E-state index in [0.29, 0.717) is 17.3 Å². The average Bonchev–Trinajstić information content (AvgIpc) is 2.88. The first-order chi connectivity index (χ1) is 8.63. The summed E-state index contributed by atoms with van der Waals surface area (Å²) in [5.74, 6) is 1.36. The molecule has 98 valence electrons. The Hall–Kier alpha value is -1.05. The smallest absolute Gasteiger partial charge is 0.195 e. The average molecular weight is 284 g/mol. The van der Waals surface area contributed by atoms with Gasteiger partial charge in [-0.25, -0.2) is 4.98 Å². The second-order valence-corrected chi connectivity index (χ2v) is 5.66. The second kappa shape index (κ2) is 5.73. The van der Waals surface area contributed by atoms with Gasteiger partial charge >= 0.3 is 0 Å². The second-order valence-electron chi connectivity index (χ2n) is 4.42. The quantitative estimate of drug-likeness (QED) is 0.858. The number of nitrogens with zero attached hydrogens (tertiary/aromatic N) is 3. The lowest BCUT2D eigenvalue weighted by atomic mass is 10.2. The molecule has 0 aliphatic heterocycles. The first-order valence-corrected chi connectivity index (χ1v) is 6.99. The summed E-state index contributed by atoms with van der Waals surface area (Å²) in [6.45, 7) is 5.64. The van der Waals surface area contributed by atoms with Crippen molar-refractivity contribution in [2.45, 2.75) is 27.0 Å². The molecular formula is C11H16N4OS2. The maximum Gasteiger partial charge on any atom is 0.195 e. The van der Waals surface area contributed by atoms with E-state index in [0.717, 1.165) is 22.9 Å². The summed E-state index contributed by atoms with van der Waals surface area (Å²) in [5.41, 5.74) is 2.71. The molecule has 0 aliphatic carbocycles. The number of thiazole rings is 1. The largest absolute Gasteiger partial charge is 0.378 e. The van der Waals surface area contributed by atoms with Crippen LogP contribution in [0.3, 0.4) is 0 Å². The molecule has 0 saturated carbocycles. The highest BCUT2D eigenvalue weighted by Crippen LogP contribution is 2.27. The molecule has 2 heterocycles. The standard InChI is InChI=1S/C11H16N4OS2/c1-7(2)4-15-10(13-14-11(15)17)9-8(5-16-3)12-6-18-9/h6-7H,4-5H2,1-3H3,(H,14,17). The summed E-state index contributed by atoms with van der Waals surface area (Å²) >= 11 is 6.83. The van der Waals surface area contributed by atoms with Crippen LogP contribution in [0.15, 0.2) is 5.51 Å². The van der Waals surface area contributed by atoms with E-state index in [4.69, 9.17) is 17.0 Å². The number of hydrogen-bond acceptors (Lipinski definition) is 5. The Labute approximate surface area is 115 Å². The van der Waals surface area contributed by atoms with E-state index in [1.54, 1.807) is 24.0 Å². The SMILES string of the molecule is COCc1ncsc1-c1n[nH]c(=S)n1CC(C)C. The Balaban J connectivity index is 2.44. The fourth-order valence-electron chi connectivity index (χ4n) is 1.72. The van der Waals surface area contributed by atoms with Crippen molar-refractivity contribution in [1.82, 2.24) is 19.7 Å². The molecule has 0 radical (unpaired) electrons. The number of aromatic amines is 1. The lowest BCUT2D eigenvalue weighted by Gasteiger charge is -2.08. The van der Waals surface area contributed by atoms with Gasteiger partial charge in [0, 0.05) is 13.7 Å². The zero-order valence-electron chi connectivity index (χ0n) is 10.6. The minimum atomic E-state index is 0.486. The zero-order valence-corrected chi connectivity index (χ0v) is 12.3. The highest BCUT2D eigenvalue weighted by molar-refractivity contribution is 7.71. The van der Waals surface area contributed by atoms with Gasteiger partial charge < -0.3 is 4.74 Å². The Kier molecular flexibility index (Phi) is 4.26. The fraction of sp³-hybridized carbons (Fsp3) is 0.545. The van der Waals surface area contributed by atoms with Gasteiger partial charge in [-0.2, -0.15) is 5.10 Å². The van der Waals surface area contributed by atoms with Crippen LogP contribution < -0.4 is 0 Å². The molecule has 1 N–H and O–H groups in total. The molecule has 0 unspecified atom stereocenters. The highest BCUT2D eigenvalue weighted by Gasteiger charge is 2.16. The van der Waals surface area contributed by atoms with Crippen LogP contribution in [0.2, 0.25) is 0 Å². The molecule has 0 aromatic carbocycles. The van der Waals surface area contributed by atoms with Gasteiger partial charge in [0.1, 0.15) is 0 Å². The van der Waals surface area contributed by atoms with E-state index < -0.39 is 0 Å². The van der Waals surface area contributed by atoms with E-state index in [-0.39, 0.29) is 0 Å². The number of hydrogen-bond donors (Lipinski definition) is 1. The van der Waals surface area contributed by atoms with Crippen LogP contribution in [0.1, 0.15) is 19.5 Å². The minimum Gasteiger partial charge on any atom is -0.378 e. The number of rotatable bonds is 5. The van der Waals surface area contributed by atoms with Gasteiger partial charge in [-0.05, 0) is 18.1 Å². The minimum absolute atomic E-state index is 0.486. The molecule has 2 aromatic rings. The van der Waals surface area contributed by atoms with Crippen LogP contribution >= 0.6 is 23.6 Å². The summed E-state index contributed by atoms with van der Waals surface area (Å²) in [7, 11) is 1.66. The molecule has 0 bridgehead atoms. The van der Waals surface area contributed by atoms with E-state index in [9.17, 15) is 0 Å². The third kappa shape index (κ3) is 2.68. The first kappa shape index (κ1) is 13.4. The van der Waals surface area contributed by atoms with Crippen molar-refractivity contribution >= 4 is 23.6 Å². The van der Waals surface area contributed by atoms with E-state index >= 15 is 0 Å². The highest BCUT2D eigenvalue weighted by atomic mass is 32.1. The van der Waals surface area contributed by atoms with Crippen molar-refractivity contribution in [2.75, 3.05) is 7.11 Å². The molecule has 5 nitrogen and oxygen atoms in total. The Morgan fingerprint density at radius 3 is 3.00 bits per heavy atom. The van der Waals surface area contributed by atoms with Crippen LogP contribution in [0, 0.1) is 10.7 Å². The van der Waals surface area contributed by atoms with Crippen LogP contribution in [-0.4, -0.2) is 26.9 Å². The number of nitrogens with one attached hydrogen (secondary N) is 1. The molecule has 0 aliphatic rings. The van der Waals surface area contributed by atoms with Gasteiger partial charge in [0.2, 0.25) is 0 Å². The van der Waals surface area contributed by atoms with Crippen LogP contribution in [0.5, 0.6) is 0 Å². The van der Waals surface area contributed by atoms with Crippen molar-refractivity contribution in [3.05, 3.63) is 16.0 Å². The molecule has 7 heteroatoms. The summed E-state index contributed by atoms with van der Waals surface area (Å²) < 4.78 is 7.82. The number of methoxy groups -OCH3 is 1. The summed E-state index contributed by atoms with van der Waals surface area (Å²) in [5, 5.41) is 7.17. The maximum atomic E-state index is 5.27. The number of H-pyrrole nitrogens is 1. The Morgan fingerprint density at radius 2 is 2.33 bits per heavy atom. The number of aromatic nitrogens is 4. The first-order valence-electron chi connectivity index (χ1n) is 5.70. The zero-order chi connectivity index (χ0) is 13.1. The lowest BCUT2D eigenvalue weighted by molar-refractivity contribution is 0.182. The molecule has 0 amide bonds. The van der Waals surface area contributed by atoms with Crippen LogP contribution in [-0.2, 0) is 17.9 Å². The monoisotopic (exact) mass is 284 g/mol. The van der Waals surface area contributed by atoms with Gasteiger partial charge in [0.25, 0.3) is 0 Å². The predicted molar refractivity (Wildman–Crippen MR) is 74.1 cm³/mol. The predicted octanol–water partition coefficient (Wildman–Crippen LogP) is 2.87. The van der Waals surface area contributed by atoms with Gasteiger partial charge in [0.05, 0.1) is 22.7 Å². The van der Waals surface area contributed by atoms with Gasteiger partial charge in [0.15, 0.2) is 10.6 Å². The maximum absolute atomic E-state index is 5.27. The molecule has 0 saturated heterocycles.